The van der Waals surface area contributed by atoms with Crippen molar-refractivity contribution in [1.82, 2.24) is 14.6 Å². The van der Waals surface area contributed by atoms with Crippen molar-refractivity contribution in [3.8, 4) is 22.9 Å². The van der Waals surface area contributed by atoms with Crippen LogP contribution in [0.1, 0.15) is 5.56 Å². The first-order chi connectivity index (χ1) is 13.1. The number of rotatable bonds is 4. The van der Waals surface area contributed by atoms with Crippen molar-refractivity contribution in [1.29, 1.82) is 0 Å². The summed E-state index contributed by atoms with van der Waals surface area (Å²) < 4.78 is 12.6. The molecule has 4 rings (SSSR count). The lowest BCUT2D eigenvalue weighted by atomic mass is 10.2. The first kappa shape index (κ1) is 17.5. The first-order valence-electron chi connectivity index (χ1n) is 7.98. The summed E-state index contributed by atoms with van der Waals surface area (Å²) in [6.45, 7) is 0. The monoisotopic (exact) mass is 399 g/mol. The number of thiazole rings is 1. The molecule has 0 bridgehead atoms. The molecular weight excluding hydrogens is 386 g/mol. The van der Waals surface area contributed by atoms with Gasteiger partial charge in [0.15, 0.2) is 5.82 Å². The summed E-state index contributed by atoms with van der Waals surface area (Å²) in [7, 11) is 3.16. The molecule has 27 heavy (non-hydrogen) atoms. The Balaban J connectivity index is 1.92. The van der Waals surface area contributed by atoms with Gasteiger partial charge in [0.25, 0.3) is 5.56 Å². The minimum atomic E-state index is -0.195. The molecule has 6 nitrogen and oxygen atoms in total. The van der Waals surface area contributed by atoms with Crippen LogP contribution in [0.5, 0.6) is 11.5 Å². The van der Waals surface area contributed by atoms with E-state index in [1.165, 1.54) is 15.7 Å². The quantitative estimate of drug-likeness (QED) is 0.527. The average molecular weight is 400 g/mol. The van der Waals surface area contributed by atoms with Crippen LogP contribution in [0.15, 0.2) is 47.3 Å². The van der Waals surface area contributed by atoms with E-state index in [0.717, 1.165) is 11.3 Å². The van der Waals surface area contributed by atoms with Gasteiger partial charge in [-0.05, 0) is 42.0 Å². The Morgan fingerprint density at radius 1 is 1.11 bits per heavy atom. The Morgan fingerprint density at radius 2 is 1.96 bits per heavy atom. The van der Waals surface area contributed by atoms with Crippen molar-refractivity contribution >= 4 is 34.0 Å². The lowest BCUT2D eigenvalue weighted by molar-refractivity contribution is 0.414. The zero-order chi connectivity index (χ0) is 19.0. The molecule has 0 saturated carbocycles. The highest BCUT2D eigenvalue weighted by molar-refractivity contribution is 7.15. The van der Waals surface area contributed by atoms with E-state index in [9.17, 15) is 4.79 Å². The second-order valence-corrected chi connectivity index (χ2v) is 7.12. The number of benzene rings is 2. The molecule has 0 radical (unpaired) electrons. The maximum Gasteiger partial charge on any atom is 0.276 e. The SMILES string of the molecule is COc1cccc(/C=c2\sc3nnc(-c4cc(Cl)ccc4OC)n3c2=O)c1. The van der Waals surface area contributed by atoms with Gasteiger partial charge in [-0.2, -0.15) is 0 Å². The van der Waals surface area contributed by atoms with Gasteiger partial charge in [-0.15, -0.1) is 10.2 Å². The Bertz CT molecular complexity index is 1250. The van der Waals surface area contributed by atoms with E-state index < -0.39 is 0 Å². The average Bonchev–Trinajstić information content (AvgIpc) is 3.22. The first-order valence-corrected chi connectivity index (χ1v) is 9.18. The summed E-state index contributed by atoms with van der Waals surface area (Å²) in [5.74, 6) is 1.69. The molecule has 2 heterocycles. The Kier molecular flexibility index (Phi) is 4.55. The molecule has 0 saturated heterocycles. The number of hydrogen-bond acceptors (Lipinski definition) is 6. The highest BCUT2D eigenvalue weighted by atomic mass is 35.5. The summed E-state index contributed by atoms with van der Waals surface area (Å²) >= 11 is 7.39. The Hall–Kier alpha value is -2.90. The third kappa shape index (κ3) is 3.15. The minimum absolute atomic E-state index is 0.195. The van der Waals surface area contributed by atoms with Crippen LogP contribution >= 0.6 is 22.9 Å². The molecule has 8 heteroatoms. The second-order valence-electron chi connectivity index (χ2n) is 5.68. The van der Waals surface area contributed by atoms with E-state index in [0.29, 0.717) is 31.7 Å². The fourth-order valence-corrected chi connectivity index (χ4v) is 3.86. The number of nitrogens with zero attached hydrogens (tertiary/aromatic N) is 3. The molecule has 0 fully saturated rings. The molecule has 0 aliphatic rings. The Morgan fingerprint density at radius 3 is 2.74 bits per heavy atom. The maximum atomic E-state index is 13.0. The summed E-state index contributed by atoms with van der Waals surface area (Å²) in [6.07, 6.45) is 1.81. The summed E-state index contributed by atoms with van der Waals surface area (Å²) in [6, 6.07) is 12.7. The molecule has 0 aliphatic carbocycles. The molecule has 2 aromatic heterocycles. The molecule has 0 amide bonds. The van der Waals surface area contributed by atoms with Crippen LogP contribution in [0.4, 0.5) is 0 Å². The lowest BCUT2D eigenvalue weighted by Crippen LogP contribution is -2.23. The van der Waals surface area contributed by atoms with E-state index in [2.05, 4.69) is 10.2 Å². The zero-order valence-corrected chi connectivity index (χ0v) is 16.0. The van der Waals surface area contributed by atoms with Gasteiger partial charge < -0.3 is 9.47 Å². The number of ether oxygens (including phenoxy) is 2. The van der Waals surface area contributed by atoms with Crippen LogP contribution in [0.3, 0.4) is 0 Å². The van der Waals surface area contributed by atoms with Crippen LogP contribution < -0.4 is 19.6 Å². The lowest BCUT2D eigenvalue weighted by Gasteiger charge is -2.06. The molecule has 0 aliphatic heterocycles. The van der Waals surface area contributed by atoms with Gasteiger partial charge in [-0.25, -0.2) is 4.40 Å². The number of methoxy groups -OCH3 is 2. The topological polar surface area (TPSA) is 65.7 Å². The van der Waals surface area contributed by atoms with Gasteiger partial charge in [0.1, 0.15) is 11.5 Å². The van der Waals surface area contributed by atoms with Crippen molar-refractivity contribution in [3.63, 3.8) is 0 Å². The van der Waals surface area contributed by atoms with E-state index in [4.69, 9.17) is 21.1 Å². The van der Waals surface area contributed by atoms with Crippen molar-refractivity contribution in [2.45, 2.75) is 0 Å². The van der Waals surface area contributed by atoms with Crippen molar-refractivity contribution in [2.75, 3.05) is 14.2 Å². The fourth-order valence-electron chi connectivity index (χ4n) is 2.77. The van der Waals surface area contributed by atoms with Crippen molar-refractivity contribution < 1.29 is 9.47 Å². The molecule has 136 valence electrons. The minimum Gasteiger partial charge on any atom is -0.497 e. The standard InChI is InChI=1S/C19H14ClN3O3S/c1-25-13-5-3-4-11(8-13)9-16-18(24)23-17(21-22-19(23)27-16)14-10-12(20)6-7-15(14)26-2/h3-10H,1-2H3/b16-9-. The van der Waals surface area contributed by atoms with Gasteiger partial charge in [-0.1, -0.05) is 35.1 Å². The fraction of sp³-hybridized carbons (Fsp3) is 0.105. The van der Waals surface area contributed by atoms with E-state index >= 15 is 0 Å². The number of fused-ring (bicyclic) bond motifs is 1. The Labute approximate surface area is 163 Å². The highest BCUT2D eigenvalue weighted by Crippen LogP contribution is 2.31. The molecule has 0 spiro atoms. The third-order valence-electron chi connectivity index (χ3n) is 4.04. The van der Waals surface area contributed by atoms with Gasteiger partial charge in [0, 0.05) is 5.02 Å². The predicted octanol–water partition coefficient (Wildman–Crippen LogP) is 3.04. The van der Waals surface area contributed by atoms with Crippen molar-refractivity contribution in [2.24, 2.45) is 0 Å². The zero-order valence-electron chi connectivity index (χ0n) is 14.5. The summed E-state index contributed by atoms with van der Waals surface area (Å²) in [4.78, 5) is 13.5. The van der Waals surface area contributed by atoms with E-state index in [1.54, 1.807) is 32.4 Å². The predicted molar refractivity (Wildman–Crippen MR) is 106 cm³/mol. The largest absolute Gasteiger partial charge is 0.497 e. The van der Waals surface area contributed by atoms with Crippen LogP contribution in [0.2, 0.25) is 5.02 Å². The normalized spacial score (nSPS) is 11.9. The molecule has 2 aromatic carbocycles. The molecular formula is C19H14ClN3O3S. The molecule has 0 unspecified atom stereocenters. The van der Waals surface area contributed by atoms with Crippen LogP contribution in [-0.4, -0.2) is 28.8 Å². The maximum absolute atomic E-state index is 13.0. The third-order valence-corrected chi connectivity index (χ3v) is 5.24. The van der Waals surface area contributed by atoms with Gasteiger partial charge in [-0.3, -0.25) is 4.79 Å². The number of aromatic nitrogens is 3. The molecule has 0 atom stereocenters. The van der Waals surface area contributed by atoms with E-state index in [-0.39, 0.29) is 5.56 Å². The summed E-state index contributed by atoms with van der Waals surface area (Å²) in [5.41, 5.74) is 1.28. The molecule has 4 aromatic rings. The van der Waals surface area contributed by atoms with Crippen LogP contribution in [0.25, 0.3) is 22.4 Å². The molecule has 0 N–H and O–H groups in total. The van der Waals surface area contributed by atoms with Gasteiger partial charge >= 0.3 is 0 Å². The van der Waals surface area contributed by atoms with Gasteiger partial charge in [0.05, 0.1) is 24.3 Å². The van der Waals surface area contributed by atoms with Crippen LogP contribution in [-0.2, 0) is 0 Å². The number of halogens is 1. The summed E-state index contributed by atoms with van der Waals surface area (Å²) in [5, 5.41) is 8.83. The van der Waals surface area contributed by atoms with E-state index in [1.807, 2.05) is 30.3 Å². The highest BCUT2D eigenvalue weighted by Gasteiger charge is 2.18. The smallest absolute Gasteiger partial charge is 0.276 e. The van der Waals surface area contributed by atoms with Crippen molar-refractivity contribution in [3.05, 3.63) is 67.9 Å². The van der Waals surface area contributed by atoms with Gasteiger partial charge in [0.2, 0.25) is 4.96 Å². The second kappa shape index (κ2) is 7.02. The van der Waals surface area contributed by atoms with Crippen LogP contribution in [0, 0.1) is 0 Å². The number of hydrogen-bond donors (Lipinski definition) is 0.